The molecule has 0 saturated carbocycles. The molecule has 1 atom stereocenters. The van der Waals surface area contributed by atoms with Crippen molar-refractivity contribution in [3.63, 3.8) is 0 Å². The van der Waals surface area contributed by atoms with Gasteiger partial charge in [0.05, 0.1) is 0 Å². The van der Waals surface area contributed by atoms with Crippen LogP contribution in [0.2, 0.25) is 0 Å². The molecule has 1 aliphatic heterocycles. The van der Waals surface area contributed by atoms with E-state index in [1.54, 1.807) is 0 Å². The molecule has 1 amide bonds. The van der Waals surface area contributed by atoms with E-state index in [-0.39, 0.29) is 11.9 Å². The maximum Gasteiger partial charge on any atom is 0.247 e. The predicted octanol–water partition coefficient (Wildman–Crippen LogP) is 2.72. The van der Waals surface area contributed by atoms with Gasteiger partial charge in [0.2, 0.25) is 11.0 Å². The normalized spacial score (nSPS) is 16.5. The van der Waals surface area contributed by atoms with Crippen LogP contribution in [0.3, 0.4) is 0 Å². The van der Waals surface area contributed by atoms with E-state index in [9.17, 15) is 4.79 Å². The lowest BCUT2D eigenvalue weighted by atomic mass is 10.0. The van der Waals surface area contributed by atoms with Crippen molar-refractivity contribution < 1.29 is 4.79 Å². The molecule has 0 bridgehead atoms. The predicted molar refractivity (Wildman–Crippen MR) is 94.8 cm³/mol. The van der Waals surface area contributed by atoms with Gasteiger partial charge in [-0.3, -0.25) is 4.79 Å². The summed E-state index contributed by atoms with van der Waals surface area (Å²) in [7, 11) is 0. The van der Waals surface area contributed by atoms with Crippen molar-refractivity contribution >= 4 is 39.7 Å². The number of rotatable bonds is 5. The lowest BCUT2D eigenvalue weighted by molar-refractivity contribution is -0.117. The standard InChI is InChI=1S/C15H21N7OS/c1-5-10-21-22-15(24-10)20-13-11-12(16-8(4)17-13)18-9(6-7(2)3)14(23)19-11/h7,9H,5-6H2,1-4H3,(H,19,23)(H2,16,17,18,20,22). The number of carbonyl (C=O) groups excluding carboxylic acids is 1. The Morgan fingerprint density at radius 2 is 2.08 bits per heavy atom. The molecule has 24 heavy (non-hydrogen) atoms. The molecule has 3 rings (SSSR count). The van der Waals surface area contributed by atoms with Crippen LogP contribution >= 0.6 is 11.3 Å². The topological polar surface area (TPSA) is 105 Å². The molecule has 2 aromatic heterocycles. The Morgan fingerprint density at radius 1 is 1.29 bits per heavy atom. The number of fused-ring (bicyclic) bond motifs is 1. The van der Waals surface area contributed by atoms with Gasteiger partial charge in [-0.15, -0.1) is 10.2 Å². The van der Waals surface area contributed by atoms with Gasteiger partial charge in [-0.25, -0.2) is 9.97 Å². The highest BCUT2D eigenvalue weighted by atomic mass is 32.1. The number of hydrogen-bond acceptors (Lipinski definition) is 8. The molecule has 0 fully saturated rings. The van der Waals surface area contributed by atoms with Gasteiger partial charge in [0, 0.05) is 0 Å². The SMILES string of the molecule is CCc1nnc(Nc2nc(C)nc3c2NC(=O)C(CC(C)C)N3)s1. The Bertz CT molecular complexity index is 758. The van der Waals surface area contributed by atoms with Gasteiger partial charge in [0.1, 0.15) is 22.6 Å². The van der Waals surface area contributed by atoms with Crippen LogP contribution in [0.15, 0.2) is 0 Å². The highest BCUT2D eigenvalue weighted by Gasteiger charge is 2.29. The van der Waals surface area contributed by atoms with Crippen molar-refractivity contribution in [3.05, 3.63) is 10.8 Å². The second-order valence-corrected chi connectivity index (χ2v) is 7.20. The first kappa shape index (κ1) is 16.6. The lowest BCUT2D eigenvalue weighted by Crippen LogP contribution is -2.40. The van der Waals surface area contributed by atoms with Gasteiger partial charge in [-0.2, -0.15) is 0 Å². The molecule has 1 unspecified atom stereocenters. The number of aromatic nitrogens is 4. The summed E-state index contributed by atoms with van der Waals surface area (Å²) in [4.78, 5) is 21.2. The average Bonchev–Trinajstić information content (AvgIpc) is 2.96. The van der Waals surface area contributed by atoms with E-state index in [1.807, 2.05) is 13.8 Å². The smallest absolute Gasteiger partial charge is 0.247 e. The number of hydrogen-bond donors (Lipinski definition) is 3. The molecule has 2 aromatic rings. The van der Waals surface area contributed by atoms with E-state index < -0.39 is 0 Å². The van der Waals surface area contributed by atoms with Crippen LogP contribution in [-0.2, 0) is 11.2 Å². The molecule has 0 aliphatic carbocycles. The summed E-state index contributed by atoms with van der Waals surface area (Å²) < 4.78 is 0. The quantitative estimate of drug-likeness (QED) is 0.764. The zero-order valence-corrected chi connectivity index (χ0v) is 15.0. The third-order valence-corrected chi connectivity index (χ3v) is 4.58. The summed E-state index contributed by atoms with van der Waals surface area (Å²) in [5, 5.41) is 19.1. The maximum absolute atomic E-state index is 12.4. The molecule has 9 heteroatoms. The minimum absolute atomic E-state index is 0.0711. The summed E-state index contributed by atoms with van der Waals surface area (Å²) in [5.41, 5.74) is 0.554. The Hall–Kier alpha value is -2.29. The van der Waals surface area contributed by atoms with Crippen LogP contribution in [0.25, 0.3) is 0 Å². The number of nitrogens with one attached hydrogen (secondary N) is 3. The number of aryl methyl sites for hydroxylation is 2. The Morgan fingerprint density at radius 3 is 2.75 bits per heavy atom. The van der Waals surface area contributed by atoms with E-state index in [0.29, 0.717) is 34.2 Å². The monoisotopic (exact) mass is 347 g/mol. The van der Waals surface area contributed by atoms with Crippen LogP contribution in [0, 0.1) is 12.8 Å². The van der Waals surface area contributed by atoms with E-state index in [4.69, 9.17) is 0 Å². The molecule has 0 spiro atoms. The summed E-state index contributed by atoms with van der Waals surface area (Å²) >= 11 is 1.47. The first-order chi connectivity index (χ1) is 11.5. The average molecular weight is 347 g/mol. The van der Waals surface area contributed by atoms with E-state index in [0.717, 1.165) is 17.8 Å². The fraction of sp³-hybridized carbons (Fsp3) is 0.533. The van der Waals surface area contributed by atoms with Gasteiger partial charge >= 0.3 is 0 Å². The number of nitrogens with zero attached hydrogens (tertiary/aromatic N) is 4. The van der Waals surface area contributed by atoms with E-state index >= 15 is 0 Å². The first-order valence-corrected chi connectivity index (χ1v) is 8.83. The number of amides is 1. The molecule has 0 radical (unpaired) electrons. The maximum atomic E-state index is 12.4. The first-order valence-electron chi connectivity index (χ1n) is 8.01. The van der Waals surface area contributed by atoms with Crippen LogP contribution < -0.4 is 16.0 Å². The minimum atomic E-state index is -0.284. The lowest BCUT2D eigenvalue weighted by Gasteiger charge is -2.28. The summed E-state index contributed by atoms with van der Waals surface area (Å²) in [6.45, 7) is 8.02. The van der Waals surface area contributed by atoms with Crippen molar-refractivity contribution in [2.75, 3.05) is 16.0 Å². The Labute approximate surface area is 144 Å². The van der Waals surface area contributed by atoms with Crippen molar-refractivity contribution in [1.82, 2.24) is 20.2 Å². The highest BCUT2D eigenvalue weighted by Crippen LogP contribution is 2.34. The molecule has 128 valence electrons. The van der Waals surface area contributed by atoms with Gasteiger partial charge < -0.3 is 16.0 Å². The second-order valence-electron chi connectivity index (χ2n) is 6.14. The minimum Gasteiger partial charge on any atom is -0.356 e. The van der Waals surface area contributed by atoms with Crippen molar-refractivity contribution in [3.8, 4) is 0 Å². The summed E-state index contributed by atoms with van der Waals surface area (Å²) in [5.74, 6) is 2.11. The van der Waals surface area contributed by atoms with Crippen molar-refractivity contribution in [2.45, 2.75) is 46.6 Å². The van der Waals surface area contributed by atoms with Gasteiger partial charge in [-0.05, 0) is 25.7 Å². The number of anilines is 4. The molecular formula is C15H21N7OS. The fourth-order valence-corrected chi connectivity index (χ4v) is 3.19. The van der Waals surface area contributed by atoms with Crippen LogP contribution in [0.4, 0.5) is 22.5 Å². The third kappa shape index (κ3) is 3.45. The van der Waals surface area contributed by atoms with Crippen LogP contribution in [-0.4, -0.2) is 32.1 Å². The van der Waals surface area contributed by atoms with Crippen LogP contribution in [0.5, 0.6) is 0 Å². The fourth-order valence-electron chi connectivity index (χ4n) is 2.51. The van der Waals surface area contributed by atoms with Gasteiger partial charge in [0.25, 0.3) is 0 Å². The summed E-state index contributed by atoms with van der Waals surface area (Å²) in [6.07, 6.45) is 1.57. The van der Waals surface area contributed by atoms with E-state index in [2.05, 4.69) is 50.0 Å². The molecule has 3 N–H and O–H groups in total. The van der Waals surface area contributed by atoms with Crippen LogP contribution in [0.1, 0.15) is 38.0 Å². The molecule has 1 aliphatic rings. The highest BCUT2D eigenvalue weighted by molar-refractivity contribution is 7.15. The van der Waals surface area contributed by atoms with Gasteiger partial charge in [-0.1, -0.05) is 32.1 Å². The second kappa shape index (κ2) is 6.68. The molecule has 3 heterocycles. The Kier molecular flexibility index (Phi) is 4.61. The van der Waals surface area contributed by atoms with Crippen molar-refractivity contribution in [1.29, 1.82) is 0 Å². The molecule has 0 aromatic carbocycles. The van der Waals surface area contributed by atoms with E-state index in [1.165, 1.54) is 11.3 Å². The zero-order valence-electron chi connectivity index (χ0n) is 14.2. The summed E-state index contributed by atoms with van der Waals surface area (Å²) in [6, 6.07) is -0.284. The molecule has 0 saturated heterocycles. The zero-order chi connectivity index (χ0) is 17.3. The largest absolute Gasteiger partial charge is 0.356 e. The van der Waals surface area contributed by atoms with Gasteiger partial charge in [0.15, 0.2) is 11.6 Å². The molecule has 8 nitrogen and oxygen atoms in total. The third-order valence-electron chi connectivity index (χ3n) is 3.60. The molecular weight excluding hydrogens is 326 g/mol. The van der Waals surface area contributed by atoms with Crippen molar-refractivity contribution in [2.24, 2.45) is 5.92 Å². The number of carbonyl (C=O) groups is 1. The Balaban J connectivity index is 1.90.